The van der Waals surface area contributed by atoms with Gasteiger partial charge in [0.1, 0.15) is 17.2 Å². The first kappa shape index (κ1) is 16.1. The molecule has 3 rings (SSSR count). The van der Waals surface area contributed by atoms with Crippen molar-refractivity contribution in [2.24, 2.45) is 0 Å². The maximum atomic E-state index is 12.3. The van der Waals surface area contributed by atoms with Gasteiger partial charge in [-0.1, -0.05) is 28.9 Å². The Hall–Kier alpha value is -2.73. The smallest absolute Gasteiger partial charge is 0.230 e. The van der Waals surface area contributed by atoms with Gasteiger partial charge in [-0.25, -0.2) is 0 Å². The molecule has 0 saturated carbocycles. The van der Waals surface area contributed by atoms with E-state index in [1.165, 1.54) is 14.2 Å². The van der Waals surface area contributed by atoms with Crippen molar-refractivity contribution in [1.82, 2.24) is 5.16 Å². The third kappa shape index (κ3) is 3.14. The van der Waals surface area contributed by atoms with Crippen molar-refractivity contribution in [1.29, 1.82) is 0 Å². The molecule has 24 heavy (non-hydrogen) atoms. The Morgan fingerprint density at radius 3 is 2.71 bits per heavy atom. The molecule has 0 aliphatic rings. The quantitative estimate of drug-likeness (QED) is 0.762. The number of methoxy groups -OCH3 is 2. The molecule has 0 atom stereocenters. The van der Waals surface area contributed by atoms with Gasteiger partial charge < -0.3 is 19.3 Å². The molecule has 0 aliphatic heterocycles. The number of nitrogens with one attached hydrogen (secondary N) is 1. The molecule has 0 saturated heterocycles. The van der Waals surface area contributed by atoms with E-state index in [2.05, 4.69) is 10.5 Å². The number of carbonyl (C=O) groups excluding carboxylic acids is 1. The number of halogens is 1. The molecule has 0 spiro atoms. The minimum Gasteiger partial charge on any atom is -0.495 e. The first-order valence-corrected chi connectivity index (χ1v) is 7.55. The van der Waals surface area contributed by atoms with Gasteiger partial charge in [0.05, 0.1) is 31.4 Å². The molecule has 124 valence electrons. The zero-order valence-electron chi connectivity index (χ0n) is 13.1. The van der Waals surface area contributed by atoms with Crippen LogP contribution in [0, 0.1) is 0 Å². The van der Waals surface area contributed by atoms with Gasteiger partial charge in [-0.3, -0.25) is 4.79 Å². The van der Waals surface area contributed by atoms with E-state index in [1.54, 1.807) is 18.2 Å². The first-order chi connectivity index (χ1) is 11.6. The van der Waals surface area contributed by atoms with Crippen LogP contribution in [-0.4, -0.2) is 25.3 Å². The molecule has 7 heteroatoms. The Bertz CT molecular complexity index is 891. The third-order valence-corrected chi connectivity index (χ3v) is 3.82. The van der Waals surface area contributed by atoms with Crippen molar-refractivity contribution in [3.63, 3.8) is 0 Å². The fourth-order valence-electron chi connectivity index (χ4n) is 2.37. The molecule has 0 fully saturated rings. The Balaban J connectivity index is 1.81. The van der Waals surface area contributed by atoms with Gasteiger partial charge in [0.2, 0.25) is 5.91 Å². The molecule has 6 nitrogen and oxygen atoms in total. The molecule has 0 bridgehead atoms. The SMILES string of the molecule is COc1cc(OC)c(NC(=O)Cc2noc3ccccc23)cc1Cl. The lowest BCUT2D eigenvalue weighted by Gasteiger charge is -2.12. The Kier molecular flexibility index (Phi) is 4.57. The fourth-order valence-corrected chi connectivity index (χ4v) is 2.61. The van der Waals surface area contributed by atoms with Crippen molar-refractivity contribution in [3.8, 4) is 11.5 Å². The van der Waals surface area contributed by atoms with Crippen LogP contribution < -0.4 is 14.8 Å². The van der Waals surface area contributed by atoms with Crippen molar-refractivity contribution in [3.05, 3.63) is 47.1 Å². The summed E-state index contributed by atoms with van der Waals surface area (Å²) in [7, 11) is 3.01. The molecule has 0 aliphatic carbocycles. The van der Waals surface area contributed by atoms with E-state index in [9.17, 15) is 4.79 Å². The van der Waals surface area contributed by atoms with Gasteiger partial charge in [-0.05, 0) is 18.2 Å². The second-order valence-corrected chi connectivity index (χ2v) is 5.44. The van der Waals surface area contributed by atoms with Gasteiger partial charge >= 0.3 is 0 Å². The highest BCUT2D eigenvalue weighted by atomic mass is 35.5. The molecule has 3 aromatic rings. The van der Waals surface area contributed by atoms with Crippen molar-refractivity contribution >= 4 is 34.2 Å². The number of benzene rings is 2. The second-order valence-electron chi connectivity index (χ2n) is 5.04. The summed E-state index contributed by atoms with van der Waals surface area (Å²) in [5.74, 6) is 0.664. The van der Waals surface area contributed by atoms with Crippen molar-refractivity contribution in [2.45, 2.75) is 6.42 Å². The molecule has 2 aromatic carbocycles. The fraction of sp³-hybridized carbons (Fsp3) is 0.176. The molecular weight excluding hydrogens is 332 g/mol. The minimum atomic E-state index is -0.256. The highest BCUT2D eigenvalue weighted by Gasteiger charge is 2.15. The standard InChI is InChI=1S/C17H15ClN2O4/c1-22-15-9-16(23-2)13(7-11(15)18)19-17(21)8-12-10-5-3-4-6-14(10)24-20-12/h3-7,9H,8H2,1-2H3,(H,19,21). The van der Waals surface area contributed by atoms with Crippen LogP contribution in [0.15, 0.2) is 40.9 Å². The normalized spacial score (nSPS) is 10.6. The van der Waals surface area contributed by atoms with Gasteiger partial charge in [0, 0.05) is 11.5 Å². The van der Waals surface area contributed by atoms with E-state index in [-0.39, 0.29) is 12.3 Å². The number of amides is 1. The summed E-state index contributed by atoms with van der Waals surface area (Å²) in [5, 5.41) is 7.91. The molecule has 0 unspecified atom stereocenters. The number of nitrogens with zero attached hydrogens (tertiary/aromatic N) is 1. The monoisotopic (exact) mass is 346 g/mol. The summed E-state index contributed by atoms with van der Waals surface area (Å²) in [6, 6.07) is 10.6. The zero-order valence-corrected chi connectivity index (χ0v) is 13.9. The van der Waals surface area contributed by atoms with E-state index >= 15 is 0 Å². The predicted octanol–water partition coefficient (Wildman–Crippen LogP) is 3.68. The number of aromatic nitrogens is 1. The van der Waals surface area contributed by atoms with E-state index in [1.807, 2.05) is 18.2 Å². The number of ether oxygens (including phenoxy) is 2. The maximum absolute atomic E-state index is 12.3. The minimum absolute atomic E-state index is 0.0732. The van der Waals surface area contributed by atoms with Gasteiger partial charge in [0.25, 0.3) is 0 Å². The molecule has 1 N–H and O–H groups in total. The summed E-state index contributed by atoms with van der Waals surface area (Å²) in [4.78, 5) is 12.3. The number of carbonyl (C=O) groups is 1. The van der Waals surface area contributed by atoms with Gasteiger partial charge in [-0.15, -0.1) is 0 Å². The van der Waals surface area contributed by atoms with Crippen LogP contribution in [0.5, 0.6) is 11.5 Å². The number of fused-ring (bicyclic) bond motifs is 1. The largest absolute Gasteiger partial charge is 0.495 e. The topological polar surface area (TPSA) is 73.6 Å². The average molecular weight is 347 g/mol. The van der Waals surface area contributed by atoms with E-state index in [4.69, 9.17) is 25.6 Å². The summed E-state index contributed by atoms with van der Waals surface area (Å²) >= 11 is 6.10. The molecule has 1 aromatic heterocycles. The highest BCUT2D eigenvalue weighted by Crippen LogP contribution is 2.36. The number of anilines is 1. The van der Waals surface area contributed by atoms with E-state index in [0.29, 0.717) is 33.5 Å². The van der Waals surface area contributed by atoms with E-state index < -0.39 is 0 Å². The summed E-state index contributed by atoms with van der Waals surface area (Å²) in [6.07, 6.45) is 0.0732. The first-order valence-electron chi connectivity index (χ1n) is 7.17. The van der Waals surface area contributed by atoms with E-state index in [0.717, 1.165) is 5.39 Å². The van der Waals surface area contributed by atoms with Crippen LogP contribution in [0.3, 0.4) is 0 Å². The van der Waals surface area contributed by atoms with Crippen molar-refractivity contribution in [2.75, 3.05) is 19.5 Å². The maximum Gasteiger partial charge on any atom is 0.230 e. The van der Waals surface area contributed by atoms with Crippen LogP contribution in [-0.2, 0) is 11.2 Å². The summed E-state index contributed by atoms with van der Waals surface area (Å²) in [5.41, 5.74) is 1.67. The Labute approximate surface area is 143 Å². The molecule has 1 amide bonds. The predicted molar refractivity (Wildman–Crippen MR) is 90.9 cm³/mol. The average Bonchev–Trinajstić information content (AvgIpc) is 2.98. The van der Waals surface area contributed by atoms with Gasteiger partial charge in [0.15, 0.2) is 5.58 Å². The Morgan fingerprint density at radius 1 is 1.21 bits per heavy atom. The highest BCUT2D eigenvalue weighted by molar-refractivity contribution is 6.32. The molecular formula is C17H15ClN2O4. The van der Waals surface area contributed by atoms with Crippen LogP contribution in [0.1, 0.15) is 5.69 Å². The molecule has 0 radical (unpaired) electrons. The number of hydrogen-bond donors (Lipinski definition) is 1. The lowest BCUT2D eigenvalue weighted by Crippen LogP contribution is -2.15. The van der Waals surface area contributed by atoms with Crippen LogP contribution in [0.4, 0.5) is 5.69 Å². The second kappa shape index (κ2) is 6.80. The summed E-state index contributed by atoms with van der Waals surface area (Å²) < 4.78 is 15.6. The number of rotatable bonds is 5. The van der Waals surface area contributed by atoms with Gasteiger partial charge in [-0.2, -0.15) is 0 Å². The molecule has 1 heterocycles. The number of para-hydroxylation sites is 1. The number of hydrogen-bond acceptors (Lipinski definition) is 5. The summed E-state index contributed by atoms with van der Waals surface area (Å²) in [6.45, 7) is 0. The lowest BCUT2D eigenvalue weighted by molar-refractivity contribution is -0.115. The van der Waals surface area contributed by atoms with Crippen LogP contribution in [0.2, 0.25) is 5.02 Å². The lowest BCUT2D eigenvalue weighted by atomic mass is 10.1. The van der Waals surface area contributed by atoms with Crippen LogP contribution in [0.25, 0.3) is 11.0 Å². The third-order valence-electron chi connectivity index (χ3n) is 3.53. The zero-order chi connectivity index (χ0) is 17.1. The van der Waals surface area contributed by atoms with Crippen LogP contribution >= 0.6 is 11.6 Å². The Morgan fingerprint density at radius 2 is 1.96 bits per heavy atom. The van der Waals surface area contributed by atoms with Crippen molar-refractivity contribution < 1.29 is 18.8 Å².